The fourth-order valence-electron chi connectivity index (χ4n) is 3.92. The number of nitrogens with zero attached hydrogens (tertiary/aromatic N) is 1. The van der Waals surface area contributed by atoms with Gasteiger partial charge >= 0.3 is 0 Å². The van der Waals surface area contributed by atoms with Crippen LogP contribution in [0.3, 0.4) is 0 Å². The molecular formula is C19H27N3O4S. The number of anilines is 1. The molecule has 0 radical (unpaired) electrons. The smallest absolute Gasteiger partial charge is 0.241 e. The maximum absolute atomic E-state index is 12.6. The van der Waals surface area contributed by atoms with E-state index in [0.29, 0.717) is 12.8 Å². The minimum Gasteiger partial charge on any atom is -0.352 e. The van der Waals surface area contributed by atoms with Crippen molar-refractivity contribution in [2.45, 2.75) is 69.4 Å². The number of fused-ring (bicyclic) bond motifs is 1. The Bertz CT molecular complexity index is 831. The van der Waals surface area contributed by atoms with Crippen molar-refractivity contribution in [3.05, 3.63) is 23.8 Å². The van der Waals surface area contributed by atoms with Gasteiger partial charge in [-0.25, -0.2) is 13.1 Å². The first-order valence-corrected chi connectivity index (χ1v) is 11.0. The number of benzene rings is 1. The lowest BCUT2D eigenvalue weighted by Crippen LogP contribution is -2.40. The summed E-state index contributed by atoms with van der Waals surface area (Å²) in [5.74, 6) is -0.279. The van der Waals surface area contributed by atoms with Crippen LogP contribution in [0.25, 0.3) is 0 Å². The first-order chi connectivity index (χ1) is 12.8. The van der Waals surface area contributed by atoms with Crippen LogP contribution >= 0.6 is 0 Å². The van der Waals surface area contributed by atoms with E-state index in [1.807, 2.05) is 13.8 Å². The van der Waals surface area contributed by atoms with Gasteiger partial charge in [0.25, 0.3) is 0 Å². The standard InChI is InChI=1S/C19H27N3O4S/c1-3-19(24)22-13(2)10-14-11-16(8-9-17(14)22)27(25,26)20-12-18(23)21-15-6-4-5-7-15/h8-9,11,13,15,20H,3-7,10,12H2,1-2H3,(H,21,23). The molecule has 2 aliphatic rings. The van der Waals surface area contributed by atoms with Gasteiger partial charge in [0.15, 0.2) is 0 Å². The van der Waals surface area contributed by atoms with Crippen LogP contribution in [0.15, 0.2) is 23.1 Å². The zero-order valence-electron chi connectivity index (χ0n) is 15.8. The van der Waals surface area contributed by atoms with E-state index in [9.17, 15) is 18.0 Å². The Balaban J connectivity index is 1.68. The summed E-state index contributed by atoms with van der Waals surface area (Å²) in [6, 6.07) is 4.94. The van der Waals surface area contributed by atoms with E-state index < -0.39 is 10.0 Å². The molecule has 2 N–H and O–H groups in total. The minimum absolute atomic E-state index is 0.00977. The van der Waals surface area contributed by atoms with Crippen LogP contribution in [0.2, 0.25) is 0 Å². The van der Waals surface area contributed by atoms with Crippen molar-refractivity contribution < 1.29 is 18.0 Å². The van der Waals surface area contributed by atoms with Gasteiger partial charge in [0.1, 0.15) is 0 Å². The fourth-order valence-corrected chi connectivity index (χ4v) is 4.95. The maximum atomic E-state index is 12.6. The Labute approximate surface area is 160 Å². The number of hydrogen-bond donors (Lipinski definition) is 2. The van der Waals surface area contributed by atoms with Crippen LogP contribution in [0.1, 0.15) is 51.5 Å². The van der Waals surface area contributed by atoms with Gasteiger partial charge < -0.3 is 10.2 Å². The molecule has 1 aliphatic heterocycles. The average molecular weight is 394 g/mol. The molecule has 1 aromatic rings. The molecule has 1 atom stereocenters. The minimum atomic E-state index is -3.79. The van der Waals surface area contributed by atoms with Crippen LogP contribution in [-0.4, -0.2) is 38.9 Å². The largest absolute Gasteiger partial charge is 0.352 e. The molecule has 1 aromatic carbocycles. The van der Waals surface area contributed by atoms with Crippen molar-refractivity contribution in [1.29, 1.82) is 0 Å². The molecule has 0 spiro atoms. The third-order valence-electron chi connectivity index (χ3n) is 5.29. The van der Waals surface area contributed by atoms with Gasteiger partial charge in [-0.2, -0.15) is 0 Å². The van der Waals surface area contributed by atoms with Crippen LogP contribution in [-0.2, 0) is 26.0 Å². The Morgan fingerprint density at radius 1 is 1.22 bits per heavy atom. The van der Waals surface area contributed by atoms with Crippen molar-refractivity contribution in [2.75, 3.05) is 11.4 Å². The van der Waals surface area contributed by atoms with Crippen LogP contribution in [0.5, 0.6) is 0 Å². The third-order valence-corrected chi connectivity index (χ3v) is 6.69. The van der Waals surface area contributed by atoms with Gasteiger partial charge in [-0.3, -0.25) is 9.59 Å². The highest BCUT2D eigenvalue weighted by atomic mass is 32.2. The van der Waals surface area contributed by atoms with E-state index in [1.165, 1.54) is 6.07 Å². The first kappa shape index (κ1) is 19.8. The van der Waals surface area contributed by atoms with Crippen LogP contribution in [0, 0.1) is 0 Å². The molecule has 7 nitrogen and oxygen atoms in total. The van der Waals surface area contributed by atoms with Gasteiger partial charge in [0, 0.05) is 24.2 Å². The van der Waals surface area contributed by atoms with Gasteiger partial charge in [-0.15, -0.1) is 0 Å². The lowest BCUT2D eigenvalue weighted by Gasteiger charge is -2.22. The van der Waals surface area contributed by atoms with E-state index >= 15 is 0 Å². The molecule has 1 heterocycles. The van der Waals surface area contributed by atoms with Crippen molar-refractivity contribution in [2.24, 2.45) is 0 Å². The summed E-state index contributed by atoms with van der Waals surface area (Å²) >= 11 is 0. The van der Waals surface area contributed by atoms with Gasteiger partial charge in [0.2, 0.25) is 21.8 Å². The molecule has 8 heteroatoms. The van der Waals surface area contributed by atoms with Gasteiger partial charge in [0.05, 0.1) is 11.4 Å². The maximum Gasteiger partial charge on any atom is 0.241 e. The number of hydrogen-bond acceptors (Lipinski definition) is 4. The lowest BCUT2D eigenvalue weighted by atomic mass is 10.1. The zero-order chi connectivity index (χ0) is 19.6. The summed E-state index contributed by atoms with van der Waals surface area (Å²) in [7, 11) is -3.79. The van der Waals surface area contributed by atoms with E-state index in [0.717, 1.165) is 36.9 Å². The quantitative estimate of drug-likeness (QED) is 0.769. The normalized spacial score (nSPS) is 19.9. The lowest BCUT2D eigenvalue weighted by molar-refractivity contribution is -0.120. The molecule has 0 bridgehead atoms. The molecule has 1 aliphatic carbocycles. The van der Waals surface area contributed by atoms with E-state index in [1.54, 1.807) is 17.0 Å². The predicted octanol–water partition coefficient (Wildman–Crippen LogP) is 1.71. The first-order valence-electron chi connectivity index (χ1n) is 9.56. The van der Waals surface area contributed by atoms with Crippen LogP contribution in [0.4, 0.5) is 5.69 Å². The molecule has 148 valence electrons. The van der Waals surface area contributed by atoms with Crippen molar-refractivity contribution in [3.63, 3.8) is 0 Å². The molecule has 0 saturated heterocycles. The predicted molar refractivity (Wildman–Crippen MR) is 103 cm³/mol. The monoisotopic (exact) mass is 393 g/mol. The Morgan fingerprint density at radius 2 is 1.93 bits per heavy atom. The molecule has 3 rings (SSSR count). The highest BCUT2D eigenvalue weighted by molar-refractivity contribution is 7.89. The van der Waals surface area contributed by atoms with Crippen molar-refractivity contribution in [3.8, 4) is 0 Å². The summed E-state index contributed by atoms with van der Waals surface area (Å²) < 4.78 is 27.5. The number of nitrogens with one attached hydrogen (secondary N) is 2. The van der Waals surface area contributed by atoms with E-state index in [2.05, 4.69) is 10.0 Å². The fraction of sp³-hybridized carbons (Fsp3) is 0.579. The zero-order valence-corrected chi connectivity index (χ0v) is 16.6. The molecule has 1 saturated carbocycles. The average Bonchev–Trinajstić information content (AvgIpc) is 3.25. The number of carbonyl (C=O) groups is 2. The SMILES string of the molecule is CCC(=O)N1c2ccc(S(=O)(=O)NCC(=O)NC3CCCC3)cc2CC1C. The van der Waals surface area contributed by atoms with Gasteiger partial charge in [-0.05, 0) is 49.9 Å². The number of carbonyl (C=O) groups excluding carboxylic acids is 2. The second-order valence-corrected chi connectivity index (χ2v) is 9.10. The number of rotatable bonds is 6. The molecule has 1 unspecified atom stereocenters. The summed E-state index contributed by atoms with van der Waals surface area (Å²) in [5.41, 5.74) is 1.61. The van der Waals surface area contributed by atoms with Crippen molar-refractivity contribution >= 4 is 27.5 Å². The second-order valence-electron chi connectivity index (χ2n) is 7.33. The Morgan fingerprint density at radius 3 is 2.59 bits per heavy atom. The summed E-state index contributed by atoms with van der Waals surface area (Å²) in [6.45, 7) is 3.49. The Hall–Kier alpha value is -1.93. The topological polar surface area (TPSA) is 95.6 Å². The molecule has 0 aromatic heterocycles. The molecule has 2 amide bonds. The van der Waals surface area contributed by atoms with E-state index in [-0.39, 0.29) is 35.3 Å². The number of amides is 2. The molecular weight excluding hydrogens is 366 g/mol. The molecule has 27 heavy (non-hydrogen) atoms. The van der Waals surface area contributed by atoms with Crippen LogP contribution < -0.4 is 14.9 Å². The van der Waals surface area contributed by atoms with Crippen molar-refractivity contribution in [1.82, 2.24) is 10.0 Å². The highest BCUT2D eigenvalue weighted by Gasteiger charge is 2.31. The molecule has 1 fully saturated rings. The second kappa shape index (κ2) is 7.98. The number of sulfonamides is 1. The summed E-state index contributed by atoms with van der Waals surface area (Å²) in [6.07, 6.45) is 5.13. The van der Waals surface area contributed by atoms with Gasteiger partial charge in [-0.1, -0.05) is 19.8 Å². The Kier molecular flexibility index (Phi) is 5.86. The van der Waals surface area contributed by atoms with E-state index in [4.69, 9.17) is 0 Å². The summed E-state index contributed by atoms with van der Waals surface area (Å²) in [4.78, 5) is 26.0. The highest BCUT2D eigenvalue weighted by Crippen LogP contribution is 2.34. The third kappa shape index (κ3) is 4.32. The summed E-state index contributed by atoms with van der Waals surface area (Å²) in [5, 5.41) is 2.87.